The Hall–Kier alpha value is -1.77. The molecule has 0 saturated carbocycles. The largest absolute Gasteiger partial charge is 0.493 e. The standard InChI is InChI=1S/C14H18O3/c1-6-11-8-12(16-5)13(7-10(11)4)17-14(15)9(2)3/h7-8H,2,6H2,1,3-5H3. The SMILES string of the molecule is C=C(C)C(=O)Oc1cc(C)c(CC)cc1OC. The summed E-state index contributed by atoms with van der Waals surface area (Å²) in [5, 5.41) is 0. The molecule has 92 valence electrons. The van der Waals surface area contributed by atoms with Crippen LogP contribution in [0, 0.1) is 6.92 Å². The first-order valence-corrected chi connectivity index (χ1v) is 5.54. The average Bonchev–Trinajstić information content (AvgIpc) is 2.29. The van der Waals surface area contributed by atoms with E-state index in [1.54, 1.807) is 14.0 Å². The monoisotopic (exact) mass is 234 g/mol. The molecule has 3 heteroatoms. The molecule has 17 heavy (non-hydrogen) atoms. The number of esters is 1. The molecule has 0 saturated heterocycles. The normalized spacial score (nSPS) is 9.88. The summed E-state index contributed by atoms with van der Waals surface area (Å²) in [5.74, 6) is 0.573. The number of aryl methyl sites for hydroxylation is 2. The van der Waals surface area contributed by atoms with Crippen molar-refractivity contribution in [2.45, 2.75) is 27.2 Å². The van der Waals surface area contributed by atoms with Gasteiger partial charge in [-0.15, -0.1) is 0 Å². The second-order valence-electron chi connectivity index (χ2n) is 3.95. The molecule has 0 spiro atoms. The lowest BCUT2D eigenvalue weighted by Crippen LogP contribution is -2.09. The molecular formula is C14H18O3. The van der Waals surface area contributed by atoms with Crippen molar-refractivity contribution in [1.29, 1.82) is 0 Å². The van der Waals surface area contributed by atoms with Crippen molar-refractivity contribution in [3.05, 3.63) is 35.4 Å². The Bertz CT molecular complexity index is 447. The molecule has 0 radical (unpaired) electrons. The van der Waals surface area contributed by atoms with Crippen molar-refractivity contribution in [3.63, 3.8) is 0 Å². The Morgan fingerprint density at radius 2 is 2.00 bits per heavy atom. The molecule has 0 heterocycles. The topological polar surface area (TPSA) is 35.5 Å². The van der Waals surface area contributed by atoms with E-state index < -0.39 is 5.97 Å². The zero-order chi connectivity index (χ0) is 13.0. The van der Waals surface area contributed by atoms with Gasteiger partial charge in [0.2, 0.25) is 0 Å². The van der Waals surface area contributed by atoms with Gasteiger partial charge in [0.1, 0.15) is 0 Å². The van der Waals surface area contributed by atoms with Crippen molar-refractivity contribution in [3.8, 4) is 11.5 Å². The highest BCUT2D eigenvalue weighted by Gasteiger charge is 2.12. The molecule has 0 amide bonds. The highest BCUT2D eigenvalue weighted by molar-refractivity contribution is 5.89. The number of carbonyl (C=O) groups excluding carboxylic acids is 1. The van der Waals surface area contributed by atoms with E-state index in [4.69, 9.17) is 9.47 Å². The van der Waals surface area contributed by atoms with E-state index in [2.05, 4.69) is 13.5 Å². The van der Waals surface area contributed by atoms with Crippen LogP contribution in [-0.4, -0.2) is 13.1 Å². The van der Waals surface area contributed by atoms with Gasteiger partial charge < -0.3 is 9.47 Å². The number of methoxy groups -OCH3 is 1. The van der Waals surface area contributed by atoms with Crippen molar-refractivity contribution in [1.82, 2.24) is 0 Å². The van der Waals surface area contributed by atoms with Crippen LogP contribution < -0.4 is 9.47 Å². The minimum Gasteiger partial charge on any atom is -0.493 e. The molecule has 1 aromatic carbocycles. The third-order valence-corrected chi connectivity index (χ3v) is 2.55. The maximum atomic E-state index is 11.5. The first-order chi connectivity index (χ1) is 7.99. The van der Waals surface area contributed by atoms with Crippen molar-refractivity contribution >= 4 is 5.97 Å². The lowest BCUT2D eigenvalue weighted by atomic mass is 10.1. The van der Waals surface area contributed by atoms with Gasteiger partial charge in [-0.1, -0.05) is 13.5 Å². The van der Waals surface area contributed by atoms with E-state index in [0.29, 0.717) is 17.1 Å². The van der Waals surface area contributed by atoms with Crippen LogP contribution >= 0.6 is 0 Å². The van der Waals surface area contributed by atoms with Gasteiger partial charge in [-0.25, -0.2) is 4.79 Å². The predicted octanol–water partition coefficient (Wildman–Crippen LogP) is 3.05. The highest BCUT2D eigenvalue weighted by atomic mass is 16.6. The van der Waals surface area contributed by atoms with Crippen LogP contribution in [0.3, 0.4) is 0 Å². The molecule has 0 unspecified atom stereocenters. The Labute approximate surface area is 102 Å². The first kappa shape index (κ1) is 13.3. The molecule has 0 aliphatic rings. The summed E-state index contributed by atoms with van der Waals surface area (Å²) in [4.78, 5) is 11.5. The summed E-state index contributed by atoms with van der Waals surface area (Å²) in [6, 6.07) is 3.72. The van der Waals surface area contributed by atoms with Crippen LogP contribution in [-0.2, 0) is 11.2 Å². The number of benzene rings is 1. The van der Waals surface area contributed by atoms with Crippen molar-refractivity contribution in [2.24, 2.45) is 0 Å². The highest BCUT2D eigenvalue weighted by Crippen LogP contribution is 2.31. The van der Waals surface area contributed by atoms with Gasteiger partial charge in [0.05, 0.1) is 7.11 Å². The van der Waals surface area contributed by atoms with Crippen LogP contribution in [0.4, 0.5) is 0 Å². The van der Waals surface area contributed by atoms with Gasteiger partial charge in [-0.3, -0.25) is 0 Å². The molecule has 0 bridgehead atoms. The van der Waals surface area contributed by atoms with E-state index in [1.807, 2.05) is 19.1 Å². The van der Waals surface area contributed by atoms with Crippen LogP contribution in [0.25, 0.3) is 0 Å². The third-order valence-electron chi connectivity index (χ3n) is 2.55. The molecule has 0 fully saturated rings. The summed E-state index contributed by atoms with van der Waals surface area (Å²) in [6.07, 6.45) is 0.914. The number of ether oxygens (including phenoxy) is 2. The third kappa shape index (κ3) is 3.09. The maximum Gasteiger partial charge on any atom is 0.338 e. The van der Waals surface area contributed by atoms with Crippen molar-refractivity contribution in [2.75, 3.05) is 7.11 Å². The zero-order valence-corrected chi connectivity index (χ0v) is 10.8. The number of carbonyl (C=O) groups is 1. The predicted molar refractivity (Wildman–Crippen MR) is 67.6 cm³/mol. The minimum atomic E-state index is -0.438. The summed E-state index contributed by atoms with van der Waals surface area (Å²) in [5.41, 5.74) is 2.62. The Balaban J connectivity index is 3.10. The number of hydrogen-bond acceptors (Lipinski definition) is 3. The Morgan fingerprint density at radius 1 is 1.35 bits per heavy atom. The second kappa shape index (κ2) is 5.53. The number of hydrogen-bond donors (Lipinski definition) is 0. The van der Waals surface area contributed by atoms with Gasteiger partial charge in [0.25, 0.3) is 0 Å². The van der Waals surface area contributed by atoms with Gasteiger partial charge in [-0.2, -0.15) is 0 Å². The van der Waals surface area contributed by atoms with E-state index in [1.165, 1.54) is 5.56 Å². The Kier molecular flexibility index (Phi) is 4.32. The second-order valence-corrected chi connectivity index (χ2v) is 3.95. The zero-order valence-electron chi connectivity index (χ0n) is 10.8. The van der Waals surface area contributed by atoms with Crippen LogP contribution in [0.1, 0.15) is 25.0 Å². The van der Waals surface area contributed by atoms with Gasteiger partial charge in [0, 0.05) is 5.57 Å². The quantitative estimate of drug-likeness (QED) is 0.456. The molecule has 0 aliphatic heterocycles. The summed E-state index contributed by atoms with van der Waals surface area (Å²) in [7, 11) is 1.56. The van der Waals surface area contributed by atoms with Gasteiger partial charge in [-0.05, 0) is 43.5 Å². The molecule has 0 N–H and O–H groups in total. The smallest absolute Gasteiger partial charge is 0.338 e. The van der Waals surface area contributed by atoms with Gasteiger partial charge >= 0.3 is 5.97 Å². The van der Waals surface area contributed by atoms with E-state index in [0.717, 1.165) is 12.0 Å². The van der Waals surface area contributed by atoms with Crippen LogP contribution in [0.2, 0.25) is 0 Å². The van der Waals surface area contributed by atoms with E-state index in [9.17, 15) is 4.79 Å². The number of rotatable bonds is 4. The maximum absolute atomic E-state index is 11.5. The minimum absolute atomic E-state index is 0.365. The molecule has 0 aliphatic carbocycles. The van der Waals surface area contributed by atoms with Crippen LogP contribution in [0.15, 0.2) is 24.3 Å². The Morgan fingerprint density at radius 3 is 2.47 bits per heavy atom. The summed E-state index contributed by atoms with van der Waals surface area (Å²) >= 11 is 0. The molecule has 1 rings (SSSR count). The van der Waals surface area contributed by atoms with E-state index >= 15 is 0 Å². The summed E-state index contributed by atoms with van der Waals surface area (Å²) in [6.45, 7) is 9.21. The molecule has 1 aromatic rings. The summed E-state index contributed by atoms with van der Waals surface area (Å²) < 4.78 is 10.4. The average molecular weight is 234 g/mol. The fraction of sp³-hybridized carbons (Fsp3) is 0.357. The lowest BCUT2D eigenvalue weighted by Gasteiger charge is -2.12. The molecular weight excluding hydrogens is 216 g/mol. The molecule has 3 nitrogen and oxygen atoms in total. The van der Waals surface area contributed by atoms with Crippen LogP contribution in [0.5, 0.6) is 11.5 Å². The van der Waals surface area contributed by atoms with Gasteiger partial charge in [0.15, 0.2) is 11.5 Å². The fourth-order valence-corrected chi connectivity index (χ4v) is 1.51. The molecule has 0 atom stereocenters. The first-order valence-electron chi connectivity index (χ1n) is 5.54. The van der Waals surface area contributed by atoms with Crippen molar-refractivity contribution < 1.29 is 14.3 Å². The van der Waals surface area contributed by atoms with E-state index in [-0.39, 0.29) is 0 Å². The molecule has 0 aromatic heterocycles. The fourth-order valence-electron chi connectivity index (χ4n) is 1.51. The lowest BCUT2D eigenvalue weighted by molar-refractivity contribution is -0.130.